The Hall–Kier alpha value is -0.670. The molecule has 3 atom stereocenters. The van der Waals surface area contributed by atoms with Crippen LogP contribution in [0.15, 0.2) is 24.3 Å². The Bertz CT molecular complexity index is 386. The molecule has 0 heterocycles. The first-order valence-electron chi connectivity index (χ1n) is 6.57. The Morgan fingerprint density at radius 2 is 1.56 bits per heavy atom. The molecule has 0 fully saturated rings. The van der Waals surface area contributed by atoms with Gasteiger partial charge in [-0.2, -0.15) is 0 Å². The highest BCUT2D eigenvalue weighted by Gasteiger charge is 2.10. The molecule has 0 spiro atoms. The summed E-state index contributed by atoms with van der Waals surface area (Å²) in [7, 11) is -0.755. The van der Waals surface area contributed by atoms with Crippen LogP contribution in [0.5, 0.6) is 0 Å². The second kappa shape index (κ2) is 7.05. The molecular weight excluding hydrogens is 242 g/mol. The SMILES string of the molecule is CC(C)c1ccc(C(C)NCC(C)S(C)=O)cc1. The number of hydrogen-bond acceptors (Lipinski definition) is 2. The van der Waals surface area contributed by atoms with Gasteiger partial charge in [0.15, 0.2) is 0 Å². The van der Waals surface area contributed by atoms with Crippen molar-refractivity contribution in [1.82, 2.24) is 5.32 Å². The molecule has 3 unspecified atom stereocenters. The van der Waals surface area contributed by atoms with E-state index in [-0.39, 0.29) is 5.25 Å². The van der Waals surface area contributed by atoms with Crippen molar-refractivity contribution >= 4 is 10.8 Å². The molecule has 0 bridgehead atoms. The van der Waals surface area contributed by atoms with E-state index < -0.39 is 10.8 Å². The van der Waals surface area contributed by atoms with Crippen LogP contribution in [0.25, 0.3) is 0 Å². The third-order valence-corrected chi connectivity index (χ3v) is 4.68. The highest BCUT2D eigenvalue weighted by Crippen LogP contribution is 2.18. The Labute approximate surface area is 114 Å². The summed E-state index contributed by atoms with van der Waals surface area (Å²) in [6.07, 6.45) is 1.76. The lowest BCUT2D eigenvalue weighted by molar-refractivity contribution is 0.568. The summed E-state index contributed by atoms with van der Waals surface area (Å²) in [5.74, 6) is 0.574. The average Bonchev–Trinajstić information content (AvgIpc) is 2.35. The minimum atomic E-state index is -0.755. The number of hydrogen-bond donors (Lipinski definition) is 1. The molecular formula is C15H25NOS. The van der Waals surface area contributed by atoms with E-state index in [1.54, 1.807) is 6.26 Å². The van der Waals surface area contributed by atoms with E-state index in [0.717, 1.165) is 6.54 Å². The summed E-state index contributed by atoms with van der Waals surface area (Å²) in [6.45, 7) is 9.35. The van der Waals surface area contributed by atoms with Crippen molar-refractivity contribution in [3.05, 3.63) is 35.4 Å². The molecule has 102 valence electrons. The lowest BCUT2D eigenvalue weighted by Crippen LogP contribution is -2.29. The van der Waals surface area contributed by atoms with Gasteiger partial charge in [-0.25, -0.2) is 0 Å². The Morgan fingerprint density at radius 3 is 2.00 bits per heavy atom. The van der Waals surface area contributed by atoms with Crippen LogP contribution in [-0.2, 0) is 10.8 Å². The van der Waals surface area contributed by atoms with Gasteiger partial charge in [0.25, 0.3) is 0 Å². The maximum Gasteiger partial charge on any atom is 0.0441 e. The van der Waals surface area contributed by atoms with Crippen LogP contribution < -0.4 is 5.32 Å². The van der Waals surface area contributed by atoms with Crippen LogP contribution in [0.2, 0.25) is 0 Å². The Morgan fingerprint density at radius 1 is 1.06 bits per heavy atom. The van der Waals surface area contributed by atoms with Gasteiger partial charge in [0, 0.05) is 34.9 Å². The molecule has 1 rings (SSSR count). The van der Waals surface area contributed by atoms with Crippen molar-refractivity contribution in [2.24, 2.45) is 0 Å². The summed E-state index contributed by atoms with van der Waals surface area (Å²) in [4.78, 5) is 0. The fraction of sp³-hybridized carbons (Fsp3) is 0.600. The molecule has 0 amide bonds. The quantitative estimate of drug-likeness (QED) is 0.857. The zero-order valence-electron chi connectivity index (χ0n) is 12.1. The second-order valence-corrected chi connectivity index (χ2v) is 7.06. The molecule has 0 aromatic heterocycles. The number of nitrogens with one attached hydrogen (secondary N) is 1. The predicted molar refractivity (Wildman–Crippen MR) is 80.5 cm³/mol. The van der Waals surface area contributed by atoms with Crippen LogP contribution in [0.3, 0.4) is 0 Å². The highest BCUT2D eigenvalue weighted by molar-refractivity contribution is 7.84. The number of rotatable bonds is 6. The van der Waals surface area contributed by atoms with Gasteiger partial charge in [0.05, 0.1) is 0 Å². The van der Waals surface area contributed by atoms with Crippen LogP contribution >= 0.6 is 0 Å². The standard InChI is InChI=1S/C15H25NOS/c1-11(2)14-6-8-15(9-7-14)13(4)16-10-12(3)18(5)17/h6-9,11-13,16H,10H2,1-5H3. The topological polar surface area (TPSA) is 29.1 Å². The van der Waals surface area contributed by atoms with Gasteiger partial charge in [-0.1, -0.05) is 38.1 Å². The summed E-state index contributed by atoms with van der Waals surface area (Å²) in [6, 6.07) is 9.05. The minimum Gasteiger partial charge on any atom is -0.309 e. The fourth-order valence-electron chi connectivity index (χ4n) is 1.75. The minimum absolute atomic E-state index is 0.197. The van der Waals surface area contributed by atoms with E-state index in [1.165, 1.54) is 11.1 Å². The lowest BCUT2D eigenvalue weighted by atomic mass is 9.99. The normalized spacial score (nSPS) is 16.6. The van der Waals surface area contributed by atoms with Crippen molar-refractivity contribution in [3.63, 3.8) is 0 Å². The first-order valence-corrected chi connectivity index (χ1v) is 8.19. The molecule has 0 radical (unpaired) electrons. The lowest BCUT2D eigenvalue weighted by Gasteiger charge is -2.17. The largest absolute Gasteiger partial charge is 0.309 e. The third kappa shape index (κ3) is 4.54. The molecule has 1 N–H and O–H groups in total. The van der Waals surface area contributed by atoms with Gasteiger partial charge in [-0.3, -0.25) is 4.21 Å². The van der Waals surface area contributed by atoms with Gasteiger partial charge in [0.2, 0.25) is 0 Å². The van der Waals surface area contributed by atoms with E-state index in [9.17, 15) is 4.21 Å². The van der Waals surface area contributed by atoms with Crippen molar-refractivity contribution in [1.29, 1.82) is 0 Å². The van der Waals surface area contributed by atoms with E-state index in [4.69, 9.17) is 0 Å². The van der Waals surface area contributed by atoms with Gasteiger partial charge in [0.1, 0.15) is 0 Å². The average molecular weight is 267 g/mol. The molecule has 0 saturated carbocycles. The summed E-state index contributed by atoms with van der Waals surface area (Å²) >= 11 is 0. The molecule has 0 aliphatic heterocycles. The fourth-order valence-corrected chi connectivity index (χ4v) is 2.08. The zero-order valence-corrected chi connectivity index (χ0v) is 12.9. The molecule has 0 aliphatic carbocycles. The van der Waals surface area contributed by atoms with Crippen molar-refractivity contribution in [2.45, 2.75) is 44.9 Å². The first-order chi connectivity index (χ1) is 8.41. The van der Waals surface area contributed by atoms with E-state index in [2.05, 4.69) is 50.4 Å². The van der Waals surface area contributed by atoms with E-state index in [1.807, 2.05) is 6.92 Å². The Kier molecular flexibility index (Phi) is 6.03. The Balaban J connectivity index is 2.56. The maximum absolute atomic E-state index is 11.3. The smallest absolute Gasteiger partial charge is 0.0441 e. The van der Waals surface area contributed by atoms with Crippen LogP contribution in [0.4, 0.5) is 0 Å². The molecule has 0 aliphatic rings. The van der Waals surface area contributed by atoms with Gasteiger partial charge < -0.3 is 5.32 Å². The van der Waals surface area contributed by atoms with Crippen molar-refractivity contribution in [3.8, 4) is 0 Å². The van der Waals surface area contributed by atoms with Crippen LogP contribution in [0, 0.1) is 0 Å². The summed E-state index contributed by atoms with van der Waals surface area (Å²) in [5, 5.41) is 3.63. The van der Waals surface area contributed by atoms with Gasteiger partial charge in [-0.05, 0) is 30.9 Å². The first kappa shape index (κ1) is 15.4. The molecule has 3 heteroatoms. The van der Waals surface area contributed by atoms with Crippen molar-refractivity contribution < 1.29 is 4.21 Å². The third-order valence-electron chi connectivity index (χ3n) is 3.38. The molecule has 1 aromatic rings. The molecule has 2 nitrogen and oxygen atoms in total. The molecule has 0 saturated heterocycles. The number of benzene rings is 1. The van der Waals surface area contributed by atoms with E-state index in [0.29, 0.717) is 12.0 Å². The van der Waals surface area contributed by atoms with Gasteiger partial charge in [-0.15, -0.1) is 0 Å². The van der Waals surface area contributed by atoms with E-state index >= 15 is 0 Å². The molecule has 1 aromatic carbocycles. The maximum atomic E-state index is 11.3. The van der Waals surface area contributed by atoms with Gasteiger partial charge >= 0.3 is 0 Å². The summed E-state index contributed by atoms with van der Waals surface area (Å²) < 4.78 is 11.3. The van der Waals surface area contributed by atoms with Crippen molar-refractivity contribution in [2.75, 3.05) is 12.8 Å². The predicted octanol–water partition coefficient (Wildman–Crippen LogP) is 3.23. The van der Waals surface area contributed by atoms with Crippen LogP contribution in [-0.4, -0.2) is 22.3 Å². The molecule has 18 heavy (non-hydrogen) atoms. The summed E-state index contributed by atoms with van der Waals surface area (Å²) in [5.41, 5.74) is 2.66. The zero-order chi connectivity index (χ0) is 13.7. The van der Waals surface area contributed by atoms with Crippen LogP contribution in [0.1, 0.15) is 50.8 Å². The second-order valence-electron chi connectivity index (χ2n) is 5.26. The monoisotopic (exact) mass is 267 g/mol. The highest BCUT2D eigenvalue weighted by atomic mass is 32.2.